The van der Waals surface area contributed by atoms with Crippen LogP contribution in [-0.2, 0) is 20.9 Å². The maximum Gasteiger partial charge on any atom is 0.338 e. The molecule has 1 fully saturated rings. The van der Waals surface area contributed by atoms with Gasteiger partial charge in [-0.2, -0.15) is 0 Å². The largest absolute Gasteiger partial charge is 0.452 e. The summed E-state index contributed by atoms with van der Waals surface area (Å²) in [5.41, 5.74) is 1.41. The van der Waals surface area contributed by atoms with E-state index in [1.54, 1.807) is 19.2 Å². The number of amides is 1. The van der Waals surface area contributed by atoms with Crippen LogP contribution in [0.15, 0.2) is 24.3 Å². The smallest absolute Gasteiger partial charge is 0.338 e. The van der Waals surface area contributed by atoms with Gasteiger partial charge >= 0.3 is 5.97 Å². The highest BCUT2D eigenvalue weighted by atomic mass is 16.5. The number of benzene rings is 1. The fourth-order valence-electron chi connectivity index (χ4n) is 3.15. The van der Waals surface area contributed by atoms with Gasteiger partial charge in [-0.3, -0.25) is 4.79 Å². The number of carbonyl (C=O) groups excluding carboxylic acids is 2. The Morgan fingerprint density at radius 1 is 1.17 bits per heavy atom. The number of esters is 1. The predicted octanol–water partition coefficient (Wildman–Crippen LogP) is 2.93. The van der Waals surface area contributed by atoms with E-state index in [1.165, 1.54) is 6.42 Å². The first-order valence-electron chi connectivity index (χ1n) is 8.55. The highest BCUT2D eigenvalue weighted by molar-refractivity contribution is 5.91. The molecule has 3 atom stereocenters. The van der Waals surface area contributed by atoms with Crippen molar-refractivity contribution in [3.63, 3.8) is 0 Å². The van der Waals surface area contributed by atoms with Crippen LogP contribution in [0, 0.1) is 11.8 Å². The fraction of sp³-hybridized carbons (Fsp3) is 0.579. The summed E-state index contributed by atoms with van der Waals surface area (Å²) in [7, 11) is 1.62. The van der Waals surface area contributed by atoms with E-state index < -0.39 is 5.97 Å². The first-order chi connectivity index (χ1) is 11.5. The van der Waals surface area contributed by atoms with Gasteiger partial charge in [-0.15, -0.1) is 0 Å². The van der Waals surface area contributed by atoms with Crippen molar-refractivity contribution < 1.29 is 19.1 Å². The average molecular weight is 333 g/mol. The highest BCUT2D eigenvalue weighted by Gasteiger charge is 2.28. The summed E-state index contributed by atoms with van der Waals surface area (Å²) in [6, 6.07) is 7.16. The molecule has 1 saturated carbocycles. The number of carbonyl (C=O) groups is 2. The second-order valence-electron chi connectivity index (χ2n) is 6.65. The lowest BCUT2D eigenvalue weighted by Gasteiger charge is -2.34. The van der Waals surface area contributed by atoms with E-state index in [-0.39, 0.29) is 18.6 Å². The molecule has 0 aromatic heterocycles. The van der Waals surface area contributed by atoms with E-state index in [9.17, 15) is 9.59 Å². The Morgan fingerprint density at radius 2 is 1.88 bits per heavy atom. The molecule has 1 aliphatic rings. The SMILES string of the molecule is COCc1ccc(C(=O)OCC(=O)N[C@H]2CCC[C@H](C)[C@H]2C)cc1. The molecule has 0 bridgehead atoms. The van der Waals surface area contributed by atoms with E-state index >= 15 is 0 Å². The van der Waals surface area contributed by atoms with Crippen molar-refractivity contribution >= 4 is 11.9 Å². The molecule has 0 heterocycles. The lowest BCUT2D eigenvalue weighted by Crippen LogP contribution is -2.45. The van der Waals surface area contributed by atoms with Gasteiger partial charge in [0.25, 0.3) is 5.91 Å². The van der Waals surface area contributed by atoms with E-state index in [1.807, 2.05) is 12.1 Å². The average Bonchev–Trinajstić information content (AvgIpc) is 2.58. The van der Waals surface area contributed by atoms with Gasteiger partial charge in [0.05, 0.1) is 12.2 Å². The molecular formula is C19H27NO4. The number of ether oxygens (including phenoxy) is 2. The monoisotopic (exact) mass is 333 g/mol. The molecule has 1 amide bonds. The van der Waals surface area contributed by atoms with Crippen molar-refractivity contribution in [2.45, 2.75) is 45.8 Å². The van der Waals surface area contributed by atoms with Crippen molar-refractivity contribution in [3.05, 3.63) is 35.4 Å². The number of methoxy groups -OCH3 is 1. The Labute approximate surface area is 143 Å². The zero-order chi connectivity index (χ0) is 17.5. The Hall–Kier alpha value is -1.88. The molecule has 0 saturated heterocycles. The summed E-state index contributed by atoms with van der Waals surface area (Å²) in [5, 5.41) is 3.00. The Morgan fingerprint density at radius 3 is 2.54 bits per heavy atom. The Bertz CT molecular complexity index is 555. The molecule has 5 heteroatoms. The molecule has 1 N–H and O–H groups in total. The topological polar surface area (TPSA) is 64.6 Å². The summed E-state index contributed by atoms with van der Waals surface area (Å²) < 4.78 is 10.1. The minimum absolute atomic E-state index is 0.174. The first kappa shape index (κ1) is 18.5. The van der Waals surface area contributed by atoms with Crippen molar-refractivity contribution in [2.75, 3.05) is 13.7 Å². The maximum absolute atomic E-state index is 12.0. The fourth-order valence-corrected chi connectivity index (χ4v) is 3.15. The summed E-state index contributed by atoms with van der Waals surface area (Å²) in [5.74, 6) is 0.341. The third kappa shape index (κ3) is 5.06. The lowest BCUT2D eigenvalue weighted by atomic mass is 9.78. The zero-order valence-electron chi connectivity index (χ0n) is 14.7. The summed E-state index contributed by atoms with van der Waals surface area (Å²) in [4.78, 5) is 24.0. The van der Waals surface area contributed by atoms with Crippen LogP contribution in [0.3, 0.4) is 0 Å². The molecule has 1 aliphatic carbocycles. The zero-order valence-corrected chi connectivity index (χ0v) is 14.7. The van der Waals surface area contributed by atoms with Gasteiger partial charge in [-0.05, 0) is 36.0 Å². The molecule has 1 aromatic carbocycles. The van der Waals surface area contributed by atoms with Gasteiger partial charge in [0, 0.05) is 13.2 Å². The molecular weight excluding hydrogens is 306 g/mol. The van der Waals surface area contributed by atoms with Gasteiger partial charge in [-0.25, -0.2) is 4.79 Å². The van der Waals surface area contributed by atoms with Crippen molar-refractivity contribution in [1.29, 1.82) is 0 Å². The van der Waals surface area contributed by atoms with Crippen LogP contribution < -0.4 is 5.32 Å². The quantitative estimate of drug-likeness (QED) is 0.813. The van der Waals surface area contributed by atoms with Crippen molar-refractivity contribution in [1.82, 2.24) is 5.32 Å². The molecule has 5 nitrogen and oxygen atoms in total. The van der Waals surface area contributed by atoms with E-state index in [0.717, 1.165) is 18.4 Å². The highest BCUT2D eigenvalue weighted by Crippen LogP contribution is 2.29. The summed E-state index contributed by atoms with van der Waals surface area (Å²) in [6.45, 7) is 4.64. The van der Waals surface area contributed by atoms with Crippen molar-refractivity contribution in [3.8, 4) is 0 Å². The van der Waals surface area contributed by atoms with Gasteiger partial charge < -0.3 is 14.8 Å². The van der Waals surface area contributed by atoms with Gasteiger partial charge in [0.2, 0.25) is 0 Å². The minimum Gasteiger partial charge on any atom is -0.452 e. The van der Waals surface area contributed by atoms with Crippen LogP contribution in [0.1, 0.15) is 49.0 Å². The molecule has 2 rings (SSSR count). The first-order valence-corrected chi connectivity index (χ1v) is 8.55. The third-order valence-electron chi connectivity index (χ3n) is 4.89. The van der Waals surface area contributed by atoms with Crippen molar-refractivity contribution in [2.24, 2.45) is 11.8 Å². The van der Waals surface area contributed by atoms with Crippen LogP contribution in [0.4, 0.5) is 0 Å². The predicted molar refractivity (Wildman–Crippen MR) is 91.5 cm³/mol. The van der Waals surface area contributed by atoms with E-state index in [4.69, 9.17) is 9.47 Å². The van der Waals surface area contributed by atoms with Crippen LogP contribution in [0.5, 0.6) is 0 Å². The van der Waals surface area contributed by atoms with Gasteiger partial charge in [0.1, 0.15) is 0 Å². The molecule has 0 aliphatic heterocycles. The Kier molecular flexibility index (Phi) is 6.79. The van der Waals surface area contributed by atoms with Crippen LogP contribution in [-0.4, -0.2) is 31.6 Å². The molecule has 0 radical (unpaired) electrons. The van der Waals surface area contributed by atoms with Crippen LogP contribution in [0.2, 0.25) is 0 Å². The van der Waals surface area contributed by atoms with E-state index in [2.05, 4.69) is 19.2 Å². The third-order valence-corrected chi connectivity index (χ3v) is 4.89. The summed E-state index contributed by atoms with van der Waals surface area (Å²) in [6.07, 6.45) is 3.33. The summed E-state index contributed by atoms with van der Waals surface area (Å²) >= 11 is 0. The minimum atomic E-state index is -0.487. The standard InChI is InChI=1S/C19H27NO4/c1-13-5-4-6-17(14(13)2)20-18(21)12-24-19(22)16-9-7-15(8-10-16)11-23-3/h7-10,13-14,17H,4-6,11-12H2,1-3H3,(H,20,21)/t13-,14+,17-/m0/s1. The number of hydrogen-bond donors (Lipinski definition) is 1. The van der Waals surface area contributed by atoms with Gasteiger partial charge in [0.15, 0.2) is 6.61 Å². The lowest BCUT2D eigenvalue weighted by molar-refractivity contribution is -0.125. The van der Waals surface area contributed by atoms with Crippen LogP contribution in [0.25, 0.3) is 0 Å². The molecule has 132 valence electrons. The molecule has 0 unspecified atom stereocenters. The normalized spacial score (nSPS) is 23.5. The second kappa shape index (κ2) is 8.83. The molecule has 0 spiro atoms. The number of rotatable bonds is 6. The van der Waals surface area contributed by atoms with Gasteiger partial charge in [-0.1, -0.05) is 38.8 Å². The second-order valence-corrected chi connectivity index (χ2v) is 6.65. The maximum atomic E-state index is 12.0. The molecule has 1 aromatic rings. The number of hydrogen-bond acceptors (Lipinski definition) is 4. The van der Waals surface area contributed by atoms with E-state index in [0.29, 0.717) is 24.0 Å². The molecule has 24 heavy (non-hydrogen) atoms. The van der Waals surface area contributed by atoms with Crippen LogP contribution >= 0.6 is 0 Å². The Balaban J connectivity index is 1.79. The number of nitrogens with one attached hydrogen (secondary N) is 1.